The van der Waals surface area contributed by atoms with E-state index in [1.54, 1.807) is 72.9 Å². The highest BCUT2D eigenvalue weighted by atomic mass is 19.1. The van der Waals surface area contributed by atoms with E-state index in [9.17, 15) is 19.1 Å². The number of aromatic nitrogens is 2. The smallest absolute Gasteiger partial charge is 0.330 e. The molecule has 3 aromatic carbocycles. The zero-order valence-corrected chi connectivity index (χ0v) is 15.7. The van der Waals surface area contributed by atoms with Gasteiger partial charge in [0.05, 0.1) is 11.4 Å². The molecule has 0 atom stereocenters. The molecule has 6 heteroatoms. The monoisotopic (exact) mass is 400 g/mol. The number of allylic oxidation sites excluding steroid dienone is 1. The van der Waals surface area contributed by atoms with Crippen LogP contribution in [0.25, 0.3) is 23.0 Å². The number of hydrogen-bond donors (Lipinski definition) is 2. The lowest BCUT2D eigenvalue weighted by atomic mass is 10.1. The second-order valence-electron chi connectivity index (χ2n) is 6.66. The number of ketones is 1. The second kappa shape index (κ2) is 8.05. The molecular weight excluding hydrogens is 383 g/mol. The molecule has 0 unspecified atom stereocenters. The van der Waals surface area contributed by atoms with E-state index in [2.05, 4.69) is 4.98 Å². The Bertz CT molecular complexity index is 1300. The summed E-state index contributed by atoms with van der Waals surface area (Å²) in [6, 6.07) is 19.1. The van der Waals surface area contributed by atoms with Gasteiger partial charge >= 0.3 is 5.69 Å². The number of carbonyl (C=O) groups excluding carboxylic acids is 1. The number of halogens is 1. The highest BCUT2D eigenvalue weighted by Crippen LogP contribution is 2.22. The Morgan fingerprint density at radius 1 is 1.00 bits per heavy atom. The van der Waals surface area contributed by atoms with Crippen molar-refractivity contribution in [2.24, 2.45) is 0 Å². The van der Waals surface area contributed by atoms with Gasteiger partial charge in [-0.2, -0.15) is 0 Å². The van der Waals surface area contributed by atoms with Gasteiger partial charge in [-0.3, -0.25) is 9.36 Å². The lowest BCUT2D eigenvalue weighted by molar-refractivity contribution is 0.104. The normalized spacial score (nSPS) is 11.1. The summed E-state index contributed by atoms with van der Waals surface area (Å²) in [4.78, 5) is 27.7. The molecule has 0 amide bonds. The number of phenols is 1. The number of aromatic amines is 1. The first-order valence-corrected chi connectivity index (χ1v) is 9.19. The molecule has 4 aromatic rings. The van der Waals surface area contributed by atoms with E-state index in [0.29, 0.717) is 28.1 Å². The van der Waals surface area contributed by atoms with Gasteiger partial charge in [-0.1, -0.05) is 30.3 Å². The first kappa shape index (κ1) is 19.1. The molecule has 0 aliphatic rings. The zero-order chi connectivity index (χ0) is 21.1. The summed E-state index contributed by atoms with van der Waals surface area (Å²) in [7, 11) is 0. The number of nitrogens with one attached hydrogen (secondary N) is 1. The Morgan fingerprint density at radius 3 is 2.53 bits per heavy atom. The molecular formula is C24H17FN2O3. The number of aromatic hydroxyl groups is 1. The number of carbonyl (C=O) groups is 1. The van der Waals surface area contributed by atoms with Crippen molar-refractivity contribution < 1.29 is 14.3 Å². The van der Waals surface area contributed by atoms with Gasteiger partial charge < -0.3 is 10.1 Å². The first-order valence-electron chi connectivity index (χ1n) is 9.19. The van der Waals surface area contributed by atoms with Crippen molar-refractivity contribution in [3.8, 4) is 22.7 Å². The maximum absolute atomic E-state index is 13.3. The SMILES string of the molecule is O=C(C=Cc1cccc(O)c1)c1cccc(-n2c(-c3ccc(F)cc3)c[nH]c2=O)c1. The van der Waals surface area contributed by atoms with Gasteiger partial charge in [0.25, 0.3) is 0 Å². The molecule has 0 aliphatic carbocycles. The number of phenolic OH excluding ortho intramolecular Hbond substituents is 1. The standard InChI is InChI=1S/C24H17FN2O3/c25-19-10-8-17(9-11-19)22-15-26-24(30)27(22)20-5-2-4-18(14-20)23(29)12-7-16-3-1-6-21(28)13-16/h1-15,28H,(H,26,30). The van der Waals surface area contributed by atoms with E-state index >= 15 is 0 Å². The van der Waals surface area contributed by atoms with Crippen molar-refractivity contribution in [1.82, 2.24) is 9.55 Å². The highest BCUT2D eigenvalue weighted by molar-refractivity contribution is 6.07. The lowest BCUT2D eigenvalue weighted by Crippen LogP contribution is -2.16. The molecule has 0 bridgehead atoms. The molecule has 0 saturated heterocycles. The summed E-state index contributed by atoms with van der Waals surface area (Å²) in [5.74, 6) is -0.492. The largest absolute Gasteiger partial charge is 0.508 e. The Hall–Kier alpha value is -4.19. The number of imidazole rings is 1. The number of rotatable bonds is 5. The minimum Gasteiger partial charge on any atom is -0.508 e. The van der Waals surface area contributed by atoms with Crippen LogP contribution < -0.4 is 5.69 Å². The Kier molecular flexibility index (Phi) is 5.13. The van der Waals surface area contributed by atoms with Crippen LogP contribution in [0.1, 0.15) is 15.9 Å². The van der Waals surface area contributed by atoms with Gasteiger partial charge in [0.15, 0.2) is 5.78 Å². The van der Waals surface area contributed by atoms with E-state index < -0.39 is 0 Å². The van der Waals surface area contributed by atoms with E-state index in [0.717, 1.165) is 0 Å². The zero-order valence-electron chi connectivity index (χ0n) is 15.7. The lowest BCUT2D eigenvalue weighted by Gasteiger charge is -2.09. The molecule has 0 radical (unpaired) electrons. The number of nitrogens with zero attached hydrogens (tertiary/aromatic N) is 1. The summed E-state index contributed by atoms with van der Waals surface area (Å²) < 4.78 is 14.7. The molecule has 5 nitrogen and oxygen atoms in total. The van der Waals surface area contributed by atoms with Gasteiger partial charge in [-0.25, -0.2) is 9.18 Å². The van der Waals surface area contributed by atoms with E-state index in [1.807, 2.05) is 0 Å². The Labute approximate surface area is 171 Å². The van der Waals surface area contributed by atoms with Crippen molar-refractivity contribution >= 4 is 11.9 Å². The van der Waals surface area contributed by atoms with Crippen LogP contribution in [-0.2, 0) is 0 Å². The van der Waals surface area contributed by atoms with E-state index in [1.165, 1.54) is 22.8 Å². The number of H-pyrrole nitrogens is 1. The minimum absolute atomic E-state index is 0.117. The molecule has 0 saturated carbocycles. The Balaban J connectivity index is 1.67. The van der Waals surface area contributed by atoms with Crippen molar-refractivity contribution in [2.45, 2.75) is 0 Å². The third kappa shape index (κ3) is 3.98. The first-order chi connectivity index (χ1) is 14.5. The molecule has 0 fully saturated rings. The van der Waals surface area contributed by atoms with Crippen LogP contribution in [0, 0.1) is 5.82 Å². The van der Waals surface area contributed by atoms with Crippen molar-refractivity contribution in [2.75, 3.05) is 0 Å². The average molecular weight is 400 g/mol. The van der Waals surface area contributed by atoms with Crippen LogP contribution in [0.15, 0.2) is 89.9 Å². The summed E-state index contributed by atoms with van der Waals surface area (Å²) in [6.07, 6.45) is 4.57. The van der Waals surface area contributed by atoms with Crippen LogP contribution in [0.2, 0.25) is 0 Å². The van der Waals surface area contributed by atoms with Gasteiger partial charge in [-0.05, 0) is 60.2 Å². The van der Waals surface area contributed by atoms with Crippen molar-refractivity contribution in [3.63, 3.8) is 0 Å². The van der Waals surface area contributed by atoms with Crippen LogP contribution in [0.4, 0.5) is 4.39 Å². The van der Waals surface area contributed by atoms with Crippen molar-refractivity contribution in [3.05, 3.63) is 112 Å². The molecule has 2 N–H and O–H groups in total. The van der Waals surface area contributed by atoms with Gasteiger partial charge in [0.2, 0.25) is 0 Å². The van der Waals surface area contributed by atoms with E-state index in [4.69, 9.17) is 0 Å². The summed E-state index contributed by atoms with van der Waals surface area (Å²) in [6.45, 7) is 0. The number of benzene rings is 3. The molecule has 148 valence electrons. The molecule has 30 heavy (non-hydrogen) atoms. The second-order valence-corrected chi connectivity index (χ2v) is 6.66. The molecule has 1 aromatic heterocycles. The molecule has 4 rings (SSSR count). The van der Waals surface area contributed by atoms with Crippen molar-refractivity contribution in [1.29, 1.82) is 0 Å². The van der Waals surface area contributed by atoms with Gasteiger partial charge in [0.1, 0.15) is 11.6 Å². The average Bonchev–Trinajstić information content (AvgIpc) is 3.14. The fraction of sp³-hybridized carbons (Fsp3) is 0. The fourth-order valence-electron chi connectivity index (χ4n) is 3.15. The van der Waals surface area contributed by atoms with Crippen LogP contribution in [-0.4, -0.2) is 20.4 Å². The fourth-order valence-corrected chi connectivity index (χ4v) is 3.15. The summed E-state index contributed by atoms with van der Waals surface area (Å²) in [5, 5.41) is 9.52. The predicted octanol–water partition coefficient (Wildman–Crippen LogP) is 4.57. The topological polar surface area (TPSA) is 75.1 Å². The molecule has 0 aliphatic heterocycles. The molecule has 0 spiro atoms. The van der Waals surface area contributed by atoms with E-state index in [-0.39, 0.29) is 23.0 Å². The maximum Gasteiger partial charge on any atom is 0.330 e. The minimum atomic E-state index is -0.366. The third-order valence-corrected chi connectivity index (χ3v) is 4.60. The highest BCUT2D eigenvalue weighted by Gasteiger charge is 2.12. The van der Waals surface area contributed by atoms with Crippen LogP contribution in [0.5, 0.6) is 5.75 Å². The summed E-state index contributed by atoms with van der Waals surface area (Å²) >= 11 is 0. The third-order valence-electron chi connectivity index (χ3n) is 4.60. The summed E-state index contributed by atoms with van der Waals surface area (Å²) in [5.41, 5.74) is 2.46. The number of hydrogen-bond acceptors (Lipinski definition) is 3. The molecule has 1 heterocycles. The van der Waals surface area contributed by atoms with Crippen LogP contribution >= 0.6 is 0 Å². The quantitative estimate of drug-likeness (QED) is 0.381. The van der Waals surface area contributed by atoms with Gasteiger partial charge in [-0.15, -0.1) is 0 Å². The predicted molar refractivity (Wildman–Crippen MR) is 113 cm³/mol. The maximum atomic E-state index is 13.3. The Morgan fingerprint density at radius 2 is 1.77 bits per heavy atom. The van der Waals surface area contributed by atoms with Crippen LogP contribution in [0.3, 0.4) is 0 Å². The van der Waals surface area contributed by atoms with Gasteiger partial charge in [0, 0.05) is 17.3 Å².